The first-order valence-electron chi connectivity index (χ1n) is 8.37. The molecule has 2 aliphatic heterocycles. The van der Waals surface area contributed by atoms with Crippen LogP contribution in [0, 0.1) is 5.92 Å². The fourth-order valence-corrected chi connectivity index (χ4v) is 3.30. The van der Waals surface area contributed by atoms with Crippen LogP contribution in [-0.4, -0.2) is 77.4 Å². The molecule has 1 aromatic rings. The van der Waals surface area contributed by atoms with E-state index in [9.17, 15) is 14.4 Å². The summed E-state index contributed by atoms with van der Waals surface area (Å²) in [5, 5.41) is 0. The molecule has 0 N–H and O–H groups in total. The molecule has 134 valence electrons. The number of carbonyl (C=O) groups is 3. The molecule has 1 aromatic heterocycles. The van der Waals surface area contributed by atoms with Gasteiger partial charge in [-0.3, -0.25) is 14.6 Å². The molecule has 2 fully saturated rings. The van der Waals surface area contributed by atoms with E-state index in [1.165, 1.54) is 7.11 Å². The zero-order chi connectivity index (χ0) is 17.8. The number of pyridine rings is 1. The standard InChI is InChI=1S/C17H22N4O4/c1-25-17(24)20-7-5-19(6-8-20)16(23)14-9-15(22)21(12-14)11-13-3-2-4-18-10-13/h2-4,10,14H,5-9,11-12H2,1H3/t14-/m1/s1. The van der Waals surface area contributed by atoms with Crippen molar-refractivity contribution in [1.82, 2.24) is 19.7 Å². The van der Waals surface area contributed by atoms with Crippen molar-refractivity contribution in [2.24, 2.45) is 5.92 Å². The second-order valence-electron chi connectivity index (χ2n) is 6.32. The zero-order valence-corrected chi connectivity index (χ0v) is 14.3. The van der Waals surface area contributed by atoms with Crippen LogP contribution < -0.4 is 0 Å². The molecule has 3 amide bonds. The molecule has 8 nitrogen and oxygen atoms in total. The Balaban J connectivity index is 1.54. The van der Waals surface area contributed by atoms with Gasteiger partial charge in [-0.1, -0.05) is 6.07 Å². The van der Waals surface area contributed by atoms with Gasteiger partial charge in [0.05, 0.1) is 13.0 Å². The van der Waals surface area contributed by atoms with Gasteiger partial charge in [-0.05, 0) is 11.6 Å². The minimum atomic E-state index is -0.370. The maximum absolute atomic E-state index is 12.7. The predicted molar refractivity (Wildman–Crippen MR) is 88.3 cm³/mol. The third-order valence-corrected chi connectivity index (χ3v) is 4.68. The van der Waals surface area contributed by atoms with E-state index in [4.69, 9.17) is 4.74 Å². The SMILES string of the molecule is COC(=O)N1CCN(C(=O)[C@@H]2CC(=O)N(Cc3cccnc3)C2)CC1. The van der Waals surface area contributed by atoms with Gasteiger partial charge < -0.3 is 19.4 Å². The molecule has 0 saturated carbocycles. The van der Waals surface area contributed by atoms with E-state index in [1.54, 1.807) is 27.1 Å². The van der Waals surface area contributed by atoms with Gasteiger partial charge in [0.25, 0.3) is 0 Å². The van der Waals surface area contributed by atoms with Crippen LogP contribution in [0.4, 0.5) is 4.79 Å². The number of ether oxygens (including phenoxy) is 1. The summed E-state index contributed by atoms with van der Waals surface area (Å²) in [6, 6.07) is 3.75. The molecule has 0 spiro atoms. The number of hydrogen-bond acceptors (Lipinski definition) is 5. The lowest BCUT2D eigenvalue weighted by molar-refractivity contribution is -0.137. The van der Waals surface area contributed by atoms with Crippen LogP contribution >= 0.6 is 0 Å². The second-order valence-corrected chi connectivity index (χ2v) is 6.32. The molecule has 8 heteroatoms. The molecular weight excluding hydrogens is 324 g/mol. The first kappa shape index (κ1) is 17.2. The van der Waals surface area contributed by atoms with Crippen molar-refractivity contribution >= 4 is 17.9 Å². The monoisotopic (exact) mass is 346 g/mol. The average Bonchev–Trinajstić information content (AvgIpc) is 3.02. The molecule has 3 heterocycles. The Morgan fingerprint density at radius 1 is 1.24 bits per heavy atom. The van der Waals surface area contributed by atoms with E-state index in [1.807, 2.05) is 12.1 Å². The van der Waals surface area contributed by atoms with Crippen molar-refractivity contribution in [3.8, 4) is 0 Å². The lowest BCUT2D eigenvalue weighted by Crippen LogP contribution is -2.52. The number of rotatable bonds is 3. The number of hydrogen-bond donors (Lipinski definition) is 0. The van der Waals surface area contributed by atoms with Crippen LogP contribution in [0.15, 0.2) is 24.5 Å². The van der Waals surface area contributed by atoms with E-state index in [0.717, 1.165) is 5.56 Å². The normalized spacial score (nSPS) is 20.8. The van der Waals surface area contributed by atoms with Crippen molar-refractivity contribution in [2.75, 3.05) is 39.8 Å². The van der Waals surface area contributed by atoms with Gasteiger partial charge in [0.15, 0.2) is 0 Å². The Bertz CT molecular complexity index is 643. The zero-order valence-electron chi connectivity index (χ0n) is 14.3. The fourth-order valence-electron chi connectivity index (χ4n) is 3.30. The summed E-state index contributed by atoms with van der Waals surface area (Å²) >= 11 is 0. The van der Waals surface area contributed by atoms with Crippen LogP contribution in [0.2, 0.25) is 0 Å². The molecule has 0 bridgehead atoms. The summed E-state index contributed by atoms with van der Waals surface area (Å²) in [6.45, 7) is 2.77. The molecule has 2 aliphatic rings. The number of piperazine rings is 1. The van der Waals surface area contributed by atoms with Gasteiger partial charge in [-0.25, -0.2) is 4.79 Å². The fraction of sp³-hybridized carbons (Fsp3) is 0.529. The summed E-state index contributed by atoms with van der Waals surface area (Å²) in [6.07, 6.45) is 3.30. The maximum atomic E-state index is 12.7. The third-order valence-electron chi connectivity index (χ3n) is 4.68. The summed E-state index contributed by atoms with van der Waals surface area (Å²) in [5.74, 6) is -0.323. The predicted octanol–water partition coefficient (Wildman–Crippen LogP) is 0.341. The lowest BCUT2D eigenvalue weighted by atomic mass is 10.1. The largest absolute Gasteiger partial charge is 0.453 e. The van der Waals surface area contributed by atoms with E-state index in [-0.39, 0.29) is 30.2 Å². The van der Waals surface area contributed by atoms with Crippen LogP contribution in [0.25, 0.3) is 0 Å². The van der Waals surface area contributed by atoms with Crippen LogP contribution in [-0.2, 0) is 20.9 Å². The first-order valence-corrected chi connectivity index (χ1v) is 8.37. The highest BCUT2D eigenvalue weighted by molar-refractivity contribution is 5.89. The summed E-state index contributed by atoms with van der Waals surface area (Å²) in [5.41, 5.74) is 0.954. The number of aromatic nitrogens is 1. The van der Waals surface area contributed by atoms with Gasteiger partial charge in [-0.2, -0.15) is 0 Å². The topological polar surface area (TPSA) is 83.0 Å². The molecule has 0 radical (unpaired) electrons. The van der Waals surface area contributed by atoms with Crippen molar-refractivity contribution in [3.05, 3.63) is 30.1 Å². The van der Waals surface area contributed by atoms with Crippen molar-refractivity contribution in [1.29, 1.82) is 0 Å². The Morgan fingerprint density at radius 2 is 1.96 bits per heavy atom. The van der Waals surface area contributed by atoms with Crippen molar-refractivity contribution in [3.63, 3.8) is 0 Å². The summed E-state index contributed by atoms with van der Waals surface area (Å²) in [4.78, 5) is 45.5. The smallest absolute Gasteiger partial charge is 0.409 e. The molecule has 0 unspecified atom stereocenters. The van der Waals surface area contributed by atoms with E-state index in [2.05, 4.69) is 4.98 Å². The Morgan fingerprint density at radius 3 is 2.60 bits per heavy atom. The maximum Gasteiger partial charge on any atom is 0.409 e. The second kappa shape index (κ2) is 7.50. The molecule has 0 aliphatic carbocycles. The number of methoxy groups -OCH3 is 1. The van der Waals surface area contributed by atoms with Crippen molar-refractivity contribution < 1.29 is 19.1 Å². The highest BCUT2D eigenvalue weighted by Gasteiger charge is 2.37. The summed E-state index contributed by atoms with van der Waals surface area (Å²) in [7, 11) is 1.35. The Hall–Kier alpha value is -2.64. The van der Waals surface area contributed by atoms with Crippen molar-refractivity contribution in [2.45, 2.75) is 13.0 Å². The molecular formula is C17H22N4O4. The number of nitrogens with zero attached hydrogens (tertiary/aromatic N) is 4. The van der Waals surface area contributed by atoms with Crippen LogP contribution in [0.3, 0.4) is 0 Å². The van der Waals surface area contributed by atoms with Crippen LogP contribution in [0.1, 0.15) is 12.0 Å². The molecule has 3 rings (SSSR count). The Labute approximate surface area is 146 Å². The third kappa shape index (κ3) is 3.89. The number of likely N-dealkylation sites (tertiary alicyclic amines) is 1. The highest BCUT2D eigenvalue weighted by Crippen LogP contribution is 2.22. The highest BCUT2D eigenvalue weighted by atomic mass is 16.5. The van der Waals surface area contributed by atoms with E-state index < -0.39 is 0 Å². The quantitative estimate of drug-likeness (QED) is 0.788. The van der Waals surface area contributed by atoms with E-state index in [0.29, 0.717) is 39.3 Å². The van der Waals surface area contributed by atoms with Gasteiger partial charge in [0.2, 0.25) is 11.8 Å². The van der Waals surface area contributed by atoms with Crippen LogP contribution in [0.5, 0.6) is 0 Å². The molecule has 2 saturated heterocycles. The average molecular weight is 346 g/mol. The molecule has 0 aromatic carbocycles. The number of amides is 3. The van der Waals surface area contributed by atoms with E-state index >= 15 is 0 Å². The molecule has 25 heavy (non-hydrogen) atoms. The Kier molecular flexibility index (Phi) is 5.16. The van der Waals surface area contributed by atoms with Gasteiger partial charge >= 0.3 is 6.09 Å². The van der Waals surface area contributed by atoms with Gasteiger partial charge in [-0.15, -0.1) is 0 Å². The minimum Gasteiger partial charge on any atom is -0.453 e. The summed E-state index contributed by atoms with van der Waals surface area (Å²) < 4.78 is 4.70. The number of carbonyl (C=O) groups excluding carboxylic acids is 3. The first-order chi connectivity index (χ1) is 12.1. The van der Waals surface area contributed by atoms with Gasteiger partial charge in [0, 0.05) is 58.1 Å². The lowest BCUT2D eigenvalue weighted by Gasteiger charge is -2.35. The van der Waals surface area contributed by atoms with Gasteiger partial charge in [0.1, 0.15) is 0 Å². The minimum absolute atomic E-state index is 0.00426. The molecule has 1 atom stereocenters.